The van der Waals surface area contributed by atoms with E-state index in [1.54, 1.807) is 0 Å². The summed E-state index contributed by atoms with van der Waals surface area (Å²) in [5, 5.41) is 0. The molecule has 4 rings (SSSR count). The number of nitrogens with zero attached hydrogens (tertiary/aromatic N) is 3. The van der Waals surface area contributed by atoms with E-state index in [-0.39, 0.29) is 17.9 Å². The average molecular weight is 434 g/mol. The molecule has 0 N–H and O–H groups in total. The number of ether oxygens (including phenoxy) is 1. The van der Waals surface area contributed by atoms with Gasteiger partial charge in [0.15, 0.2) is 0 Å². The fourth-order valence-electron chi connectivity index (χ4n) is 4.33. The van der Waals surface area contributed by atoms with Crippen molar-refractivity contribution in [2.45, 2.75) is 33.8 Å². The molecule has 6 nitrogen and oxygen atoms in total. The molecular formula is C26H31N3O3. The average Bonchev–Trinajstić information content (AvgIpc) is 3.04. The first kappa shape index (κ1) is 22.1. The molecule has 1 saturated heterocycles. The van der Waals surface area contributed by atoms with E-state index in [9.17, 15) is 9.59 Å². The van der Waals surface area contributed by atoms with Gasteiger partial charge in [0.25, 0.3) is 11.8 Å². The van der Waals surface area contributed by atoms with E-state index in [1.807, 2.05) is 69.3 Å². The third-order valence-corrected chi connectivity index (χ3v) is 5.97. The van der Waals surface area contributed by atoms with Gasteiger partial charge in [0, 0.05) is 26.2 Å². The van der Waals surface area contributed by atoms with Crippen molar-refractivity contribution in [2.24, 2.45) is 0 Å². The first-order valence-corrected chi connectivity index (χ1v) is 11.3. The lowest BCUT2D eigenvalue weighted by molar-refractivity contribution is -0.120. The minimum Gasteiger partial charge on any atom is -0.491 e. The van der Waals surface area contributed by atoms with E-state index in [0.29, 0.717) is 17.0 Å². The molecule has 0 radical (unpaired) electrons. The maximum atomic E-state index is 13.6. The van der Waals surface area contributed by atoms with Crippen molar-refractivity contribution in [2.75, 3.05) is 37.6 Å². The van der Waals surface area contributed by atoms with E-state index in [1.165, 1.54) is 4.90 Å². The Morgan fingerprint density at radius 3 is 2.22 bits per heavy atom. The van der Waals surface area contributed by atoms with Crippen molar-refractivity contribution in [3.8, 4) is 5.75 Å². The summed E-state index contributed by atoms with van der Waals surface area (Å²) in [5.41, 5.74) is 3.33. The number of hydrogen-bond donors (Lipinski definition) is 0. The molecular weight excluding hydrogens is 402 g/mol. The van der Waals surface area contributed by atoms with Gasteiger partial charge in [-0.1, -0.05) is 31.2 Å². The number of amides is 2. The Morgan fingerprint density at radius 1 is 0.938 bits per heavy atom. The summed E-state index contributed by atoms with van der Waals surface area (Å²) >= 11 is 0. The smallest absolute Gasteiger partial charge is 0.282 e. The van der Waals surface area contributed by atoms with Gasteiger partial charge in [-0.15, -0.1) is 0 Å². The molecule has 168 valence electrons. The van der Waals surface area contributed by atoms with Crippen LogP contribution in [0.15, 0.2) is 54.2 Å². The second kappa shape index (κ2) is 9.17. The molecule has 0 aromatic heterocycles. The number of carbonyl (C=O) groups excluding carboxylic acids is 2. The minimum atomic E-state index is -0.272. The van der Waals surface area contributed by atoms with Gasteiger partial charge < -0.3 is 14.5 Å². The first-order valence-electron chi connectivity index (χ1n) is 11.3. The monoisotopic (exact) mass is 433 g/mol. The highest BCUT2D eigenvalue weighted by Gasteiger charge is 2.43. The van der Waals surface area contributed by atoms with Gasteiger partial charge in [0.1, 0.15) is 11.4 Å². The molecule has 0 spiro atoms. The molecule has 1 fully saturated rings. The summed E-state index contributed by atoms with van der Waals surface area (Å²) in [7, 11) is 0. The van der Waals surface area contributed by atoms with E-state index in [0.717, 1.165) is 49.6 Å². The molecule has 0 atom stereocenters. The van der Waals surface area contributed by atoms with Crippen molar-refractivity contribution in [3.05, 3.63) is 65.4 Å². The van der Waals surface area contributed by atoms with Crippen LogP contribution in [-0.4, -0.2) is 60.4 Å². The Hall–Kier alpha value is -3.12. The molecule has 0 bridgehead atoms. The molecule has 2 aliphatic rings. The Kier molecular flexibility index (Phi) is 6.33. The van der Waals surface area contributed by atoms with Gasteiger partial charge in [-0.2, -0.15) is 0 Å². The van der Waals surface area contributed by atoms with Gasteiger partial charge >= 0.3 is 0 Å². The Bertz CT molecular complexity index is 1030. The summed E-state index contributed by atoms with van der Waals surface area (Å²) in [6, 6.07) is 15.0. The predicted molar refractivity (Wildman–Crippen MR) is 126 cm³/mol. The molecule has 0 saturated carbocycles. The van der Waals surface area contributed by atoms with Crippen molar-refractivity contribution in [1.82, 2.24) is 9.80 Å². The highest BCUT2D eigenvalue weighted by molar-refractivity contribution is 6.45. The summed E-state index contributed by atoms with van der Waals surface area (Å²) in [4.78, 5) is 33.0. The van der Waals surface area contributed by atoms with Crippen LogP contribution in [0, 0.1) is 6.92 Å². The Balaban J connectivity index is 1.74. The highest BCUT2D eigenvalue weighted by Crippen LogP contribution is 2.36. The zero-order valence-corrected chi connectivity index (χ0v) is 19.3. The van der Waals surface area contributed by atoms with Crippen LogP contribution in [0.4, 0.5) is 5.69 Å². The lowest BCUT2D eigenvalue weighted by Crippen LogP contribution is -2.47. The molecule has 2 aliphatic heterocycles. The van der Waals surface area contributed by atoms with Crippen LogP contribution in [0.3, 0.4) is 0 Å². The van der Waals surface area contributed by atoms with Crippen LogP contribution >= 0.6 is 0 Å². The Morgan fingerprint density at radius 2 is 1.62 bits per heavy atom. The Labute approximate surface area is 190 Å². The first-order chi connectivity index (χ1) is 15.4. The third-order valence-electron chi connectivity index (χ3n) is 5.97. The third kappa shape index (κ3) is 4.28. The number of carbonyl (C=O) groups is 2. The zero-order valence-electron chi connectivity index (χ0n) is 19.3. The number of likely N-dealkylation sites (N-methyl/N-ethyl adjacent to an activating group) is 1. The summed E-state index contributed by atoms with van der Waals surface area (Å²) in [6.07, 6.45) is 0.0667. The predicted octanol–water partition coefficient (Wildman–Crippen LogP) is 3.70. The molecule has 2 amide bonds. The summed E-state index contributed by atoms with van der Waals surface area (Å²) in [5.74, 6) is 0.226. The number of aryl methyl sites for hydroxylation is 1. The lowest BCUT2D eigenvalue weighted by Gasteiger charge is -2.36. The molecule has 32 heavy (non-hydrogen) atoms. The van der Waals surface area contributed by atoms with Crippen LogP contribution < -0.4 is 9.64 Å². The van der Waals surface area contributed by atoms with Crippen LogP contribution in [0.25, 0.3) is 5.57 Å². The maximum Gasteiger partial charge on any atom is 0.282 e. The summed E-state index contributed by atoms with van der Waals surface area (Å²) in [6.45, 7) is 12.2. The van der Waals surface area contributed by atoms with E-state index in [4.69, 9.17) is 4.74 Å². The normalized spacial score (nSPS) is 17.7. The lowest BCUT2D eigenvalue weighted by atomic mass is 10.0. The quantitative estimate of drug-likeness (QED) is 0.650. The SMILES string of the molecule is CCN1CCN(C2=C(c3ccc(OC(C)C)cc3)C(=O)N(c3cccc(C)c3)C2=O)CC1. The van der Waals surface area contributed by atoms with Crippen molar-refractivity contribution >= 4 is 23.1 Å². The zero-order chi connectivity index (χ0) is 22.8. The molecule has 2 aromatic carbocycles. The number of rotatable bonds is 6. The van der Waals surface area contributed by atoms with Crippen LogP contribution in [0.2, 0.25) is 0 Å². The number of hydrogen-bond acceptors (Lipinski definition) is 5. The fourth-order valence-corrected chi connectivity index (χ4v) is 4.33. The van der Waals surface area contributed by atoms with Gasteiger partial charge in [0.2, 0.25) is 0 Å². The van der Waals surface area contributed by atoms with Crippen LogP contribution in [0.1, 0.15) is 31.9 Å². The van der Waals surface area contributed by atoms with E-state index < -0.39 is 0 Å². The summed E-state index contributed by atoms with van der Waals surface area (Å²) < 4.78 is 5.76. The van der Waals surface area contributed by atoms with Gasteiger partial charge in [0.05, 0.1) is 17.4 Å². The van der Waals surface area contributed by atoms with Gasteiger partial charge in [-0.05, 0) is 62.7 Å². The second-order valence-electron chi connectivity index (χ2n) is 8.62. The van der Waals surface area contributed by atoms with Crippen molar-refractivity contribution < 1.29 is 14.3 Å². The largest absolute Gasteiger partial charge is 0.491 e. The van der Waals surface area contributed by atoms with Gasteiger partial charge in [-0.3, -0.25) is 9.59 Å². The minimum absolute atomic E-state index is 0.0667. The molecule has 2 aromatic rings. The van der Waals surface area contributed by atoms with Crippen LogP contribution in [0.5, 0.6) is 5.75 Å². The molecule has 6 heteroatoms. The molecule has 0 aliphatic carbocycles. The highest BCUT2D eigenvalue weighted by atomic mass is 16.5. The maximum absolute atomic E-state index is 13.6. The number of imide groups is 1. The molecule has 2 heterocycles. The van der Waals surface area contributed by atoms with Crippen molar-refractivity contribution in [3.63, 3.8) is 0 Å². The number of anilines is 1. The topological polar surface area (TPSA) is 53.1 Å². The van der Waals surface area contributed by atoms with Crippen LogP contribution in [-0.2, 0) is 9.59 Å². The molecule has 0 unspecified atom stereocenters. The standard InChI is InChI=1S/C26H31N3O3/c1-5-27-13-15-28(16-14-27)24-23(20-9-11-22(12-10-20)32-18(2)3)25(30)29(26(24)31)21-8-6-7-19(4)17-21/h6-12,17-18H,5,13-16H2,1-4H3. The number of piperazine rings is 1. The second-order valence-corrected chi connectivity index (χ2v) is 8.62. The number of benzene rings is 2. The van der Waals surface area contributed by atoms with E-state index >= 15 is 0 Å². The van der Waals surface area contributed by atoms with E-state index in [2.05, 4.69) is 16.7 Å². The van der Waals surface area contributed by atoms with Crippen molar-refractivity contribution in [1.29, 1.82) is 0 Å². The fraction of sp³-hybridized carbons (Fsp3) is 0.385. The van der Waals surface area contributed by atoms with Gasteiger partial charge in [-0.25, -0.2) is 4.90 Å².